The van der Waals surface area contributed by atoms with E-state index in [0.29, 0.717) is 18.0 Å². The molecule has 8 heteroatoms. The van der Waals surface area contributed by atoms with Gasteiger partial charge in [-0.05, 0) is 32.4 Å². The fourth-order valence-corrected chi connectivity index (χ4v) is 3.42. The normalized spacial score (nSPS) is 20.6. The molecule has 0 saturated carbocycles. The molecule has 2 atom stereocenters. The van der Waals surface area contributed by atoms with Crippen LogP contribution in [0.3, 0.4) is 0 Å². The minimum absolute atomic E-state index is 0.0402. The molecule has 0 aromatic carbocycles. The number of nitrogens with zero attached hydrogens (tertiary/aromatic N) is 4. The zero-order chi connectivity index (χ0) is 16.4. The zero-order valence-electron chi connectivity index (χ0n) is 13.3. The van der Waals surface area contributed by atoms with Crippen molar-refractivity contribution >= 4 is 22.6 Å². The van der Waals surface area contributed by atoms with Gasteiger partial charge in [0.1, 0.15) is 11.6 Å². The molecule has 0 bridgehead atoms. The highest BCUT2D eigenvalue weighted by atomic mass is 32.1. The van der Waals surface area contributed by atoms with Crippen molar-refractivity contribution < 1.29 is 9.53 Å². The molecule has 23 heavy (non-hydrogen) atoms. The zero-order valence-corrected chi connectivity index (χ0v) is 14.1. The van der Waals surface area contributed by atoms with Gasteiger partial charge in [-0.3, -0.25) is 4.79 Å². The minimum atomic E-state index is -0.104. The van der Waals surface area contributed by atoms with Crippen LogP contribution in [0.1, 0.15) is 29.7 Å². The highest BCUT2D eigenvalue weighted by molar-refractivity contribution is 7.09. The summed E-state index contributed by atoms with van der Waals surface area (Å²) in [7, 11) is 1.54. The van der Waals surface area contributed by atoms with Gasteiger partial charge in [-0.15, -0.1) is 0 Å². The number of likely N-dealkylation sites (tertiary alicyclic amines) is 1. The van der Waals surface area contributed by atoms with Gasteiger partial charge >= 0.3 is 0 Å². The first-order chi connectivity index (χ1) is 11.1. The summed E-state index contributed by atoms with van der Waals surface area (Å²) in [5, 5.41) is 4.17. The fourth-order valence-electron chi connectivity index (χ4n) is 2.79. The SMILES string of the molecule is COc1cccnc1C(=O)N1CCC(Nc2nc(C)ns2)C1C. The van der Waals surface area contributed by atoms with Crippen molar-refractivity contribution in [2.75, 3.05) is 19.0 Å². The number of hydrogen-bond donors (Lipinski definition) is 1. The molecule has 2 unspecified atom stereocenters. The molecule has 2 aromatic heterocycles. The Morgan fingerprint density at radius 3 is 3.04 bits per heavy atom. The van der Waals surface area contributed by atoms with Crippen LogP contribution < -0.4 is 10.1 Å². The van der Waals surface area contributed by atoms with E-state index in [2.05, 4.69) is 19.7 Å². The summed E-state index contributed by atoms with van der Waals surface area (Å²) < 4.78 is 9.41. The van der Waals surface area contributed by atoms with E-state index >= 15 is 0 Å². The van der Waals surface area contributed by atoms with Crippen molar-refractivity contribution in [2.24, 2.45) is 0 Å². The van der Waals surface area contributed by atoms with E-state index in [9.17, 15) is 4.79 Å². The number of anilines is 1. The molecule has 2 aromatic rings. The molecular weight excluding hydrogens is 314 g/mol. The first-order valence-electron chi connectivity index (χ1n) is 7.47. The Morgan fingerprint density at radius 1 is 1.52 bits per heavy atom. The maximum absolute atomic E-state index is 12.8. The number of amides is 1. The number of carbonyl (C=O) groups excluding carboxylic acids is 1. The van der Waals surface area contributed by atoms with Gasteiger partial charge in [0.25, 0.3) is 5.91 Å². The van der Waals surface area contributed by atoms with Crippen LogP contribution in [0.4, 0.5) is 5.13 Å². The average Bonchev–Trinajstić information content (AvgIpc) is 3.13. The summed E-state index contributed by atoms with van der Waals surface area (Å²) in [6.45, 7) is 4.57. The number of methoxy groups -OCH3 is 1. The third-order valence-corrected chi connectivity index (χ3v) is 4.78. The fraction of sp³-hybridized carbons (Fsp3) is 0.467. The summed E-state index contributed by atoms with van der Waals surface area (Å²) >= 11 is 1.34. The lowest BCUT2D eigenvalue weighted by Crippen LogP contribution is -2.40. The van der Waals surface area contributed by atoms with E-state index in [1.54, 1.807) is 25.4 Å². The van der Waals surface area contributed by atoms with Crippen molar-refractivity contribution in [3.05, 3.63) is 29.8 Å². The van der Waals surface area contributed by atoms with Gasteiger partial charge in [0.15, 0.2) is 5.69 Å². The van der Waals surface area contributed by atoms with Crippen molar-refractivity contribution in [1.82, 2.24) is 19.2 Å². The monoisotopic (exact) mass is 333 g/mol. The molecule has 1 fully saturated rings. The van der Waals surface area contributed by atoms with Gasteiger partial charge < -0.3 is 15.0 Å². The molecule has 0 radical (unpaired) electrons. The summed E-state index contributed by atoms with van der Waals surface area (Å²) in [6.07, 6.45) is 2.47. The number of aryl methyl sites for hydroxylation is 1. The predicted molar refractivity (Wildman–Crippen MR) is 88.0 cm³/mol. The molecular formula is C15H19N5O2S. The summed E-state index contributed by atoms with van der Waals surface area (Å²) in [6, 6.07) is 3.70. The molecule has 122 valence electrons. The smallest absolute Gasteiger partial charge is 0.276 e. The standard InChI is InChI=1S/C15H19N5O2S/c1-9-11(18-15-17-10(2)19-23-15)6-8-20(9)14(21)13-12(22-3)5-4-7-16-13/h4-5,7,9,11H,6,8H2,1-3H3,(H,17,18,19). The Morgan fingerprint density at radius 2 is 2.35 bits per heavy atom. The highest BCUT2D eigenvalue weighted by Gasteiger charge is 2.36. The second-order valence-corrected chi connectivity index (χ2v) is 6.23. The van der Waals surface area contributed by atoms with E-state index in [1.165, 1.54) is 11.5 Å². The van der Waals surface area contributed by atoms with Crippen LogP contribution in [0.2, 0.25) is 0 Å². The summed E-state index contributed by atoms with van der Waals surface area (Å²) in [5.74, 6) is 1.16. The van der Waals surface area contributed by atoms with E-state index in [4.69, 9.17) is 4.74 Å². The van der Waals surface area contributed by atoms with Gasteiger partial charge in [0.05, 0.1) is 13.2 Å². The molecule has 7 nitrogen and oxygen atoms in total. The molecule has 3 heterocycles. The van der Waals surface area contributed by atoms with Crippen molar-refractivity contribution in [3.63, 3.8) is 0 Å². The van der Waals surface area contributed by atoms with Crippen LogP contribution >= 0.6 is 11.5 Å². The molecule has 0 spiro atoms. The maximum Gasteiger partial charge on any atom is 0.276 e. The second-order valence-electron chi connectivity index (χ2n) is 5.48. The Hall–Kier alpha value is -2.22. The molecule has 3 rings (SSSR count). The van der Waals surface area contributed by atoms with Crippen molar-refractivity contribution in [1.29, 1.82) is 0 Å². The lowest BCUT2D eigenvalue weighted by molar-refractivity contribution is 0.0734. The Kier molecular flexibility index (Phi) is 4.42. The first-order valence-corrected chi connectivity index (χ1v) is 8.24. The van der Waals surface area contributed by atoms with Crippen molar-refractivity contribution in [3.8, 4) is 5.75 Å². The maximum atomic E-state index is 12.8. The minimum Gasteiger partial charge on any atom is -0.494 e. The number of pyridine rings is 1. The van der Waals surface area contributed by atoms with Crippen LogP contribution in [-0.2, 0) is 0 Å². The van der Waals surface area contributed by atoms with Crippen LogP contribution in [0.15, 0.2) is 18.3 Å². The molecule has 1 N–H and O–H groups in total. The topological polar surface area (TPSA) is 80.2 Å². The molecule has 1 saturated heterocycles. The van der Waals surface area contributed by atoms with Gasteiger partial charge in [0.2, 0.25) is 5.13 Å². The van der Waals surface area contributed by atoms with Gasteiger partial charge in [0, 0.05) is 30.3 Å². The molecule has 1 amide bonds. The Bertz CT molecular complexity index is 705. The Labute approximate surface area is 138 Å². The second kappa shape index (κ2) is 6.49. The van der Waals surface area contributed by atoms with E-state index < -0.39 is 0 Å². The van der Waals surface area contributed by atoms with Crippen LogP contribution in [0, 0.1) is 6.92 Å². The largest absolute Gasteiger partial charge is 0.494 e. The predicted octanol–water partition coefficient (Wildman–Crippen LogP) is 1.97. The van der Waals surface area contributed by atoms with Gasteiger partial charge in [-0.2, -0.15) is 4.37 Å². The average molecular weight is 333 g/mol. The highest BCUT2D eigenvalue weighted by Crippen LogP contribution is 2.26. The third-order valence-electron chi connectivity index (χ3n) is 4.05. The number of carbonyl (C=O) groups is 1. The first kappa shape index (κ1) is 15.7. The lowest BCUT2D eigenvalue weighted by atomic mass is 10.1. The van der Waals surface area contributed by atoms with Crippen LogP contribution in [0.25, 0.3) is 0 Å². The summed E-state index contributed by atoms with van der Waals surface area (Å²) in [4.78, 5) is 23.1. The number of rotatable bonds is 4. The Balaban J connectivity index is 1.73. The lowest BCUT2D eigenvalue weighted by Gasteiger charge is -2.25. The number of nitrogens with one attached hydrogen (secondary N) is 1. The third kappa shape index (κ3) is 3.12. The quantitative estimate of drug-likeness (QED) is 0.921. The molecule has 0 aliphatic carbocycles. The van der Waals surface area contributed by atoms with E-state index in [0.717, 1.165) is 17.4 Å². The number of hydrogen-bond acceptors (Lipinski definition) is 7. The van der Waals surface area contributed by atoms with Gasteiger partial charge in [-0.1, -0.05) is 0 Å². The van der Waals surface area contributed by atoms with Crippen LogP contribution in [0.5, 0.6) is 5.75 Å². The van der Waals surface area contributed by atoms with Gasteiger partial charge in [-0.25, -0.2) is 9.97 Å². The van der Waals surface area contributed by atoms with E-state index in [-0.39, 0.29) is 18.0 Å². The summed E-state index contributed by atoms with van der Waals surface area (Å²) in [5.41, 5.74) is 0.356. The molecule has 1 aliphatic rings. The number of aromatic nitrogens is 3. The van der Waals surface area contributed by atoms with E-state index in [1.807, 2.05) is 18.7 Å². The van der Waals surface area contributed by atoms with Crippen LogP contribution in [-0.4, -0.2) is 50.9 Å². The number of ether oxygens (including phenoxy) is 1. The molecule has 1 aliphatic heterocycles. The van der Waals surface area contributed by atoms with Crippen molar-refractivity contribution in [2.45, 2.75) is 32.4 Å².